The number of pyridine rings is 1. The van der Waals surface area contributed by atoms with Crippen molar-refractivity contribution in [2.24, 2.45) is 0 Å². The number of aryl methyl sites for hydroxylation is 2. The van der Waals surface area contributed by atoms with Gasteiger partial charge >= 0.3 is 0 Å². The van der Waals surface area contributed by atoms with E-state index in [1.165, 1.54) is 68.9 Å². The number of unbranched alkanes of at least 4 members (excludes halogenated alkanes) is 9. The van der Waals surface area contributed by atoms with Gasteiger partial charge in [0.1, 0.15) is 0 Å². The number of aromatic nitrogens is 1. The van der Waals surface area contributed by atoms with Gasteiger partial charge in [-0.25, -0.2) is 4.98 Å². The highest BCUT2D eigenvalue weighted by molar-refractivity contribution is 6.07. The van der Waals surface area contributed by atoms with E-state index in [9.17, 15) is 4.79 Å². The van der Waals surface area contributed by atoms with Gasteiger partial charge < -0.3 is 5.32 Å². The smallest absolute Gasteiger partial charge is 0.252 e. The van der Waals surface area contributed by atoms with Crippen LogP contribution in [0.3, 0.4) is 0 Å². The predicted molar refractivity (Wildman–Crippen MR) is 141 cm³/mol. The van der Waals surface area contributed by atoms with Crippen LogP contribution in [0, 0.1) is 13.8 Å². The lowest BCUT2D eigenvalue weighted by Crippen LogP contribution is -2.24. The van der Waals surface area contributed by atoms with Crippen LogP contribution in [0.1, 0.15) is 92.6 Å². The fourth-order valence-electron chi connectivity index (χ4n) is 4.51. The Kier molecular flexibility index (Phi) is 9.93. The SMILES string of the molecule is CCCCCCCCCCCCNC(=O)c1cc(-c2ccc(C)cc2C)nc2ccccc12. The second-order valence-electron chi connectivity index (χ2n) is 9.33. The van der Waals surface area contributed by atoms with Crippen LogP contribution in [0.4, 0.5) is 0 Å². The number of hydrogen-bond acceptors (Lipinski definition) is 2. The molecule has 176 valence electrons. The van der Waals surface area contributed by atoms with Gasteiger partial charge in [0.15, 0.2) is 0 Å². The van der Waals surface area contributed by atoms with Gasteiger partial charge in [-0.05, 0) is 38.0 Å². The van der Waals surface area contributed by atoms with Gasteiger partial charge in [0, 0.05) is 17.5 Å². The largest absolute Gasteiger partial charge is 0.352 e. The minimum absolute atomic E-state index is 0.00413. The monoisotopic (exact) mass is 444 g/mol. The summed E-state index contributed by atoms with van der Waals surface area (Å²) in [4.78, 5) is 18.0. The Balaban J connectivity index is 1.56. The highest BCUT2D eigenvalue weighted by Crippen LogP contribution is 2.27. The zero-order chi connectivity index (χ0) is 23.5. The lowest BCUT2D eigenvalue weighted by atomic mass is 9.99. The minimum Gasteiger partial charge on any atom is -0.352 e. The molecule has 0 aliphatic carbocycles. The van der Waals surface area contributed by atoms with Crippen molar-refractivity contribution in [2.75, 3.05) is 6.54 Å². The van der Waals surface area contributed by atoms with Crippen molar-refractivity contribution in [1.82, 2.24) is 10.3 Å². The van der Waals surface area contributed by atoms with Gasteiger partial charge in [0.25, 0.3) is 5.91 Å². The third-order valence-electron chi connectivity index (χ3n) is 6.43. The molecule has 3 nitrogen and oxygen atoms in total. The van der Waals surface area contributed by atoms with Gasteiger partial charge in [0.05, 0.1) is 16.8 Å². The number of benzene rings is 2. The highest BCUT2D eigenvalue weighted by atomic mass is 16.1. The number of carbonyl (C=O) groups is 1. The maximum absolute atomic E-state index is 13.1. The zero-order valence-corrected chi connectivity index (χ0v) is 20.8. The summed E-state index contributed by atoms with van der Waals surface area (Å²) in [6, 6.07) is 16.2. The average molecular weight is 445 g/mol. The lowest BCUT2D eigenvalue weighted by Gasteiger charge is -2.12. The number of rotatable bonds is 13. The summed E-state index contributed by atoms with van der Waals surface area (Å²) in [5, 5.41) is 4.06. The molecule has 33 heavy (non-hydrogen) atoms. The Morgan fingerprint density at radius 3 is 2.18 bits per heavy atom. The second-order valence-corrected chi connectivity index (χ2v) is 9.33. The van der Waals surface area contributed by atoms with Crippen molar-refractivity contribution >= 4 is 16.8 Å². The molecule has 1 aromatic heterocycles. The number of carbonyl (C=O) groups excluding carboxylic acids is 1. The first-order valence-corrected chi connectivity index (χ1v) is 12.9. The van der Waals surface area contributed by atoms with Gasteiger partial charge in [-0.3, -0.25) is 4.79 Å². The molecular weight excluding hydrogens is 404 g/mol. The summed E-state index contributed by atoms with van der Waals surface area (Å²) < 4.78 is 0. The Morgan fingerprint density at radius 2 is 1.48 bits per heavy atom. The van der Waals surface area contributed by atoms with Crippen molar-refractivity contribution in [3.8, 4) is 11.3 Å². The summed E-state index contributed by atoms with van der Waals surface area (Å²) in [5.74, 6) is -0.00413. The van der Waals surface area contributed by atoms with E-state index in [1.807, 2.05) is 30.3 Å². The molecule has 0 spiro atoms. The van der Waals surface area contributed by atoms with Crippen LogP contribution >= 0.6 is 0 Å². The molecule has 1 amide bonds. The van der Waals surface area contributed by atoms with Crippen LogP contribution in [-0.4, -0.2) is 17.4 Å². The number of amides is 1. The minimum atomic E-state index is -0.00413. The summed E-state index contributed by atoms with van der Waals surface area (Å²) in [6.07, 6.45) is 13.0. The Bertz CT molecular complexity index is 1040. The number of para-hydroxylation sites is 1. The van der Waals surface area contributed by atoms with Gasteiger partial charge in [0.2, 0.25) is 0 Å². The highest BCUT2D eigenvalue weighted by Gasteiger charge is 2.14. The van der Waals surface area contributed by atoms with Crippen molar-refractivity contribution in [3.63, 3.8) is 0 Å². The Labute approximate surface area is 200 Å². The third kappa shape index (κ3) is 7.42. The van der Waals surface area contributed by atoms with E-state index in [4.69, 9.17) is 4.98 Å². The normalized spacial score (nSPS) is 11.1. The number of nitrogens with zero attached hydrogens (tertiary/aromatic N) is 1. The Morgan fingerprint density at radius 1 is 0.818 bits per heavy atom. The molecule has 0 aliphatic heterocycles. The molecule has 1 heterocycles. The van der Waals surface area contributed by atoms with Crippen molar-refractivity contribution in [1.29, 1.82) is 0 Å². The van der Waals surface area contributed by atoms with Crippen molar-refractivity contribution in [2.45, 2.75) is 85.0 Å². The number of hydrogen-bond donors (Lipinski definition) is 1. The maximum atomic E-state index is 13.1. The Hall–Kier alpha value is -2.68. The van der Waals surface area contributed by atoms with E-state index in [2.05, 4.69) is 44.3 Å². The maximum Gasteiger partial charge on any atom is 0.252 e. The predicted octanol–water partition coefficient (Wildman–Crippen LogP) is 8.17. The first-order valence-electron chi connectivity index (χ1n) is 12.9. The first kappa shape index (κ1) is 25.0. The molecule has 1 N–H and O–H groups in total. The van der Waals surface area contributed by atoms with E-state index in [0.717, 1.165) is 35.1 Å². The van der Waals surface area contributed by atoms with Crippen LogP contribution in [0.25, 0.3) is 22.2 Å². The van der Waals surface area contributed by atoms with Crippen LogP contribution in [-0.2, 0) is 0 Å². The van der Waals surface area contributed by atoms with Gasteiger partial charge in [-0.15, -0.1) is 0 Å². The number of fused-ring (bicyclic) bond motifs is 1. The molecule has 0 aliphatic rings. The molecule has 0 bridgehead atoms. The summed E-state index contributed by atoms with van der Waals surface area (Å²) in [5.41, 5.74) is 5.91. The van der Waals surface area contributed by atoms with E-state index in [-0.39, 0.29) is 5.91 Å². The molecule has 3 aromatic rings. The van der Waals surface area contributed by atoms with Crippen LogP contribution < -0.4 is 5.32 Å². The fourth-order valence-corrected chi connectivity index (χ4v) is 4.51. The number of nitrogens with one attached hydrogen (secondary N) is 1. The van der Waals surface area contributed by atoms with Crippen molar-refractivity contribution < 1.29 is 4.79 Å². The van der Waals surface area contributed by atoms with Crippen LogP contribution in [0.2, 0.25) is 0 Å². The van der Waals surface area contributed by atoms with Crippen LogP contribution in [0.15, 0.2) is 48.5 Å². The molecule has 3 heteroatoms. The average Bonchev–Trinajstić information content (AvgIpc) is 2.81. The summed E-state index contributed by atoms with van der Waals surface area (Å²) >= 11 is 0. The fraction of sp³-hybridized carbons (Fsp3) is 0.467. The summed E-state index contributed by atoms with van der Waals surface area (Å²) in [6.45, 7) is 7.19. The molecule has 0 unspecified atom stereocenters. The summed E-state index contributed by atoms with van der Waals surface area (Å²) in [7, 11) is 0. The molecule has 0 fully saturated rings. The van der Waals surface area contributed by atoms with Crippen molar-refractivity contribution in [3.05, 3.63) is 65.2 Å². The van der Waals surface area contributed by atoms with Gasteiger partial charge in [-0.2, -0.15) is 0 Å². The molecule has 3 rings (SSSR count). The van der Waals surface area contributed by atoms with E-state index in [1.54, 1.807) is 0 Å². The molecule has 0 saturated heterocycles. The van der Waals surface area contributed by atoms with Crippen LogP contribution in [0.5, 0.6) is 0 Å². The first-order chi connectivity index (χ1) is 16.1. The quantitative estimate of drug-likeness (QED) is 0.270. The molecule has 0 saturated carbocycles. The topological polar surface area (TPSA) is 42.0 Å². The van der Waals surface area contributed by atoms with E-state index in [0.29, 0.717) is 5.56 Å². The van der Waals surface area contributed by atoms with Gasteiger partial charge in [-0.1, -0.05) is 107 Å². The standard InChI is InChI=1S/C30H40N2O/c1-4-5-6-7-8-9-10-11-12-15-20-31-30(33)27-22-29(25-19-18-23(2)21-24(25)3)32-28-17-14-13-16-26(27)28/h13-14,16-19,21-22H,4-12,15,20H2,1-3H3,(H,31,33). The lowest BCUT2D eigenvalue weighted by molar-refractivity contribution is 0.0954. The molecule has 2 aromatic carbocycles. The molecular formula is C30H40N2O. The molecule has 0 atom stereocenters. The zero-order valence-electron chi connectivity index (χ0n) is 20.8. The second kappa shape index (κ2) is 13.1. The third-order valence-corrected chi connectivity index (χ3v) is 6.43. The molecule has 0 radical (unpaired) electrons. The van der Waals surface area contributed by atoms with E-state index < -0.39 is 0 Å². The van der Waals surface area contributed by atoms with E-state index >= 15 is 0 Å².